The van der Waals surface area contributed by atoms with E-state index < -0.39 is 17.2 Å². The van der Waals surface area contributed by atoms with Gasteiger partial charge in [-0.1, -0.05) is 12.1 Å². The minimum atomic E-state index is -0.671. The van der Waals surface area contributed by atoms with Crippen LogP contribution in [0.25, 0.3) is 11.4 Å². The Bertz CT molecular complexity index is 1230. The van der Waals surface area contributed by atoms with Crippen LogP contribution in [-0.4, -0.2) is 25.2 Å². The second kappa shape index (κ2) is 7.51. The van der Waals surface area contributed by atoms with Gasteiger partial charge in [0.05, 0.1) is 6.33 Å². The Balaban J connectivity index is 1.63. The van der Waals surface area contributed by atoms with E-state index in [4.69, 9.17) is 0 Å². The summed E-state index contributed by atoms with van der Waals surface area (Å²) in [6.07, 6.45) is 5.13. The van der Waals surface area contributed by atoms with E-state index in [1.807, 2.05) is 4.57 Å². The van der Waals surface area contributed by atoms with Crippen molar-refractivity contribution in [3.8, 4) is 11.4 Å². The van der Waals surface area contributed by atoms with Gasteiger partial charge in [-0.2, -0.15) is 5.10 Å². The van der Waals surface area contributed by atoms with Crippen LogP contribution in [0.1, 0.15) is 16.2 Å². The van der Waals surface area contributed by atoms with E-state index in [0.29, 0.717) is 11.4 Å². The molecule has 2 aromatic carbocycles. The van der Waals surface area contributed by atoms with E-state index in [1.165, 1.54) is 22.9 Å². The molecule has 0 aliphatic heterocycles. The number of amides is 1. The highest BCUT2D eigenvalue weighted by Crippen LogP contribution is 2.15. The van der Waals surface area contributed by atoms with Crippen molar-refractivity contribution in [3.63, 3.8) is 0 Å². The van der Waals surface area contributed by atoms with Crippen LogP contribution in [0.3, 0.4) is 0 Å². The first-order chi connectivity index (χ1) is 14.0. The number of hydrogen-bond acceptors (Lipinski definition) is 4. The van der Waals surface area contributed by atoms with E-state index in [0.717, 1.165) is 5.69 Å². The monoisotopic (exact) mass is 389 g/mol. The van der Waals surface area contributed by atoms with Crippen molar-refractivity contribution >= 4 is 11.6 Å². The molecule has 0 unspecified atom stereocenters. The minimum Gasteiger partial charge on any atom is -0.320 e. The molecule has 2 aromatic heterocycles. The molecule has 0 spiro atoms. The molecule has 0 atom stereocenters. The van der Waals surface area contributed by atoms with Crippen molar-refractivity contribution in [3.05, 3.63) is 101 Å². The third kappa shape index (κ3) is 3.68. The summed E-state index contributed by atoms with van der Waals surface area (Å²) in [5.74, 6) is -1.18. The van der Waals surface area contributed by atoms with Gasteiger partial charge in [-0.3, -0.25) is 9.59 Å². The van der Waals surface area contributed by atoms with E-state index in [2.05, 4.69) is 15.4 Å². The highest BCUT2D eigenvalue weighted by molar-refractivity contribution is 6.02. The van der Waals surface area contributed by atoms with Crippen molar-refractivity contribution < 1.29 is 9.18 Å². The number of nitrogens with one attached hydrogen (secondary N) is 1. The first-order valence-electron chi connectivity index (χ1n) is 8.78. The fourth-order valence-corrected chi connectivity index (χ4v) is 2.89. The summed E-state index contributed by atoms with van der Waals surface area (Å²) >= 11 is 0. The third-order valence-electron chi connectivity index (χ3n) is 4.33. The molecule has 0 aliphatic carbocycles. The van der Waals surface area contributed by atoms with Crippen LogP contribution >= 0.6 is 0 Å². The summed E-state index contributed by atoms with van der Waals surface area (Å²) in [6.45, 7) is 1.62. The second-order valence-corrected chi connectivity index (χ2v) is 6.33. The van der Waals surface area contributed by atoms with Crippen molar-refractivity contribution in [1.82, 2.24) is 19.3 Å². The maximum absolute atomic E-state index is 14.1. The van der Waals surface area contributed by atoms with Gasteiger partial charge in [0.2, 0.25) is 5.43 Å². The highest BCUT2D eigenvalue weighted by Gasteiger charge is 2.17. The summed E-state index contributed by atoms with van der Waals surface area (Å²) < 4.78 is 17.2. The SMILES string of the molecule is Cc1cc(=O)c(C(=O)Nc2ccc(-n3ccnc3)cc2)nn1-c1ccccc1F. The lowest BCUT2D eigenvalue weighted by molar-refractivity contribution is 0.101. The molecule has 0 fully saturated rings. The van der Waals surface area contributed by atoms with Gasteiger partial charge < -0.3 is 9.88 Å². The van der Waals surface area contributed by atoms with Gasteiger partial charge >= 0.3 is 0 Å². The molecule has 144 valence electrons. The molecule has 0 aliphatic rings. The Hall–Kier alpha value is -4.07. The molecule has 8 heteroatoms. The Morgan fingerprint density at radius 3 is 2.55 bits per heavy atom. The molecular formula is C21H16FN5O2. The minimum absolute atomic E-state index is 0.156. The smallest absolute Gasteiger partial charge is 0.280 e. The molecule has 0 saturated heterocycles. The van der Waals surface area contributed by atoms with Crippen molar-refractivity contribution in [2.45, 2.75) is 6.92 Å². The maximum Gasteiger partial charge on any atom is 0.280 e. The zero-order valence-corrected chi connectivity index (χ0v) is 15.4. The number of benzene rings is 2. The van der Waals surface area contributed by atoms with Crippen molar-refractivity contribution in [2.24, 2.45) is 0 Å². The van der Waals surface area contributed by atoms with E-state index in [9.17, 15) is 14.0 Å². The molecule has 0 bridgehead atoms. The van der Waals surface area contributed by atoms with E-state index >= 15 is 0 Å². The van der Waals surface area contributed by atoms with Crippen LogP contribution in [0.15, 0.2) is 78.1 Å². The molecule has 4 aromatic rings. The van der Waals surface area contributed by atoms with Crippen LogP contribution in [0.5, 0.6) is 0 Å². The zero-order valence-electron chi connectivity index (χ0n) is 15.4. The predicted molar refractivity (Wildman–Crippen MR) is 106 cm³/mol. The van der Waals surface area contributed by atoms with Gasteiger partial charge in [-0.15, -0.1) is 0 Å². The lowest BCUT2D eigenvalue weighted by Crippen LogP contribution is -2.27. The molecule has 7 nitrogen and oxygen atoms in total. The van der Waals surface area contributed by atoms with Gasteiger partial charge in [-0.05, 0) is 43.3 Å². The number of anilines is 1. The number of para-hydroxylation sites is 1. The second-order valence-electron chi connectivity index (χ2n) is 6.33. The number of carbonyl (C=O) groups excluding carboxylic acids is 1. The Kier molecular flexibility index (Phi) is 4.74. The lowest BCUT2D eigenvalue weighted by Gasteiger charge is -2.12. The average molecular weight is 389 g/mol. The summed E-state index contributed by atoms with van der Waals surface area (Å²) in [5, 5.41) is 6.75. The first-order valence-corrected chi connectivity index (χ1v) is 8.78. The molecule has 4 rings (SSSR count). The Labute approximate surface area is 165 Å². The Morgan fingerprint density at radius 2 is 1.86 bits per heavy atom. The first kappa shape index (κ1) is 18.3. The van der Waals surface area contributed by atoms with Gasteiger partial charge in [0.1, 0.15) is 11.5 Å². The fourth-order valence-electron chi connectivity index (χ4n) is 2.89. The van der Waals surface area contributed by atoms with Crippen molar-refractivity contribution in [2.75, 3.05) is 5.32 Å². The maximum atomic E-state index is 14.1. The zero-order chi connectivity index (χ0) is 20.4. The predicted octanol–water partition coefficient (Wildman–Crippen LogP) is 3.12. The normalized spacial score (nSPS) is 10.7. The van der Waals surface area contributed by atoms with Crippen LogP contribution in [0.4, 0.5) is 10.1 Å². The average Bonchev–Trinajstić information content (AvgIpc) is 3.24. The molecule has 1 N–H and O–H groups in total. The highest BCUT2D eigenvalue weighted by atomic mass is 19.1. The van der Waals surface area contributed by atoms with Gasteiger partial charge in [0.25, 0.3) is 5.91 Å². The van der Waals surface area contributed by atoms with Gasteiger partial charge in [-0.25, -0.2) is 14.1 Å². The summed E-state index contributed by atoms with van der Waals surface area (Å²) in [5.41, 5.74) is 1.08. The van der Waals surface area contributed by atoms with Crippen LogP contribution in [0.2, 0.25) is 0 Å². The molecule has 1 amide bonds. The van der Waals surface area contributed by atoms with Gasteiger partial charge in [0.15, 0.2) is 5.69 Å². The fraction of sp³-hybridized carbons (Fsp3) is 0.0476. The number of rotatable bonds is 4. The number of halogens is 1. The number of hydrogen-bond donors (Lipinski definition) is 1. The van der Waals surface area contributed by atoms with E-state index in [-0.39, 0.29) is 11.4 Å². The van der Waals surface area contributed by atoms with Crippen molar-refractivity contribution in [1.29, 1.82) is 0 Å². The number of aryl methyl sites for hydroxylation is 1. The standard InChI is InChI=1S/C21H16FN5O2/c1-14-12-19(28)20(25-27(14)18-5-3-2-4-17(18)22)21(29)24-15-6-8-16(9-7-15)26-11-10-23-13-26/h2-13H,1H3,(H,24,29). The lowest BCUT2D eigenvalue weighted by atomic mass is 10.2. The number of carbonyl (C=O) groups is 1. The summed E-state index contributed by atoms with van der Waals surface area (Å²) in [4.78, 5) is 28.9. The van der Waals surface area contributed by atoms with Crippen LogP contribution < -0.4 is 10.7 Å². The third-order valence-corrected chi connectivity index (χ3v) is 4.33. The largest absolute Gasteiger partial charge is 0.320 e. The molecular weight excluding hydrogens is 373 g/mol. The molecule has 29 heavy (non-hydrogen) atoms. The van der Waals surface area contributed by atoms with Crippen LogP contribution in [-0.2, 0) is 0 Å². The van der Waals surface area contributed by atoms with E-state index in [1.54, 1.807) is 62.0 Å². The quantitative estimate of drug-likeness (QED) is 0.581. The Morgan fingerprint density at radius 1 is 1.10 bits per heavy atom. The van der Waals surface area contributed by atoms with Gasteiger partial charge in [0, 0.05) is 35.5 Å². The molecule has 0 saturated carbocycles. The number of nitrogens with zero attached hydrogens (tertiary/aromatic N) is 4. The molecule has 2 heterocycles. The topological polar surface area (TPSA) is 81.8 Å². The molecule has 0 radical (unpaired) electrons. The summed E-state index contributed by atoms with van der Waals surface area (Å²) in [7, 11) is 0. The number of aromatic nitrogens is 4. The van der Waals surface area contributed by atoms with Crippen LogP contribution in [0, 0.1) is 12.7 Å². The summed E-state index contributed by atoms with van der Waals surface area (Å²) in [6, 6.07) is 14.3. The number of imidazole rings is 1.